The highest BCUT2D eigenvalue weighted by Gasteiger charge is 2.15. The zero-order valence-corrected chi connectivity index (χ0v) is 15.3. The Bertz CT molecular complexity index is 694. The van der Waals surface area contributed by atoms with Crippen molar-refractivity contribution in [1.29, 1.82) is 0 Å². The van der Waals surface area contributed by atoms with Crippen molar-refractivity contribution in [2.75, 3.05) is 18.4 Å². The number of alkyl carbamates (subject to hydrolysis) is 1. The van der Waals surface area contributed by atoms with Crippen LogP contribution >= 0.6 is 15.9 Å². The number of carbonyl (C=O) groups excluding carboxylic acids is 1. The number of hydrogen-bond acceptors (Lipinski definition) is 6. The van der Waals surface area contributed by atoms with Crippen LogP contribution in [0.4, 0.5) is 10.6 Å². The molecule has 1 amide bonds. The molecule has 0 bridgehead atoms. The Labute approximate surface area is 143 Å². The topological polar surface area (TPSA) is 94.0 Å². The number of amides is 1. The molecule has 23 heavy (non-hydrogen) atoms. The number of nitrogens with zero attached hydrogens (tertiary/aromatic N) is 4. The van der Waals surface area contributed by atoms with E-state index in [1.807, 2.05) is 27.8 Å². The number of aryl methyl sites for hydroxylation is 1. The Morgan fingerprint density at radius 3 is 2.78 bits per heavy atom. The second-order valence-corrected chi connectivity index (χ2v) is 6.80. The molecule has 0 fully saturated rings. The summed E-state index contributed by atoms with van der Waals surface area (Å²) in [7, 11) is 1.83. The number of carbonyl (C=O) groups is 1. The van der Waals surface area contributed by atoms with Crippen LogP contribution in [-0.2, 0) is 11.8 Å². The fourth-order valence-electron chi connectivity index (χ4n) is 1.97. The normalized spacial score (nSPS) is 11.5. The van der Waals surface area contributed by atoms with Crippen molar-refractivity contribution in [2.45, 2.75) is 32.8 Å². The first kappa shape index (κ1) is 17.5. The molecule has 2 rings (SSSR count). The lowest BCUT2D eigenvalue weighted by atomic mass is 10.2. The van der Waals surface area contributed by atoms with Gasteiger partial charge in [-0.25, -0.2) is 19.4 Å². The molecule has 2 aromatic rings. The fraction of sp³-hybridized carbons (Fsp3) is 0.571. The van der Waals surface area contributed by atoms with Crippen molar-refractivity contribution < 1.29 is 9.53 Å². The second-order valence-electron chi connectivity index (χ2n) is 6.04. The average molecular weight is 385 g/mol. The van der Waals surface area contributed by atoms with Crippen LogP contribution < -0.4 is 10.6 Å². The summed E-state index contributed by atoms with van der Waals surface area (Å²) in [6, 6.07) is 0. The average Bonchev–Trinajstić information content (AvgIpc) is 2.72. The molecular weight excluding hydrogens is 364 g/mol. The fourth-order valence-corrected chi connectivity index (χ4v) is 2.58. The molecule has 0 atom stereocenters. The Balaban J connectivity index is 1.83. The Kier molecular flexibility index (Phi) is 5.40. The SMILES string of the molecule is Cn1nc(Br)c2c(NCCCNC(=O)OC(C)(C)C)ncnc21. The molecule has 0 spiro atoms. The first-order chi connectivity index (χ1) is 10.8. The minimum absolute atomic E-state index is 0.406. The highest BCUT2D eigenvalue weighted by Crippen LogP contribution is 2.26. The van der Waals surface area contributed by atoms with Gasteiger partial charge in [0.1, 0.15) is 22.3 Å². The van der Waals surface area contributed by atoms with Crippen LogP contribution in [0.3, 0.4) is 0 Å². The molecule has 0 saturated carbocycles. The smallest absolute Gasteiger partial charge is 0.407 e. The standard InChI is InChI=1S/C14H21BrN6O2/c1-14(2,3)23-13(22)17-7-5-6-16-11-9-10(15)20-21(4)12(9)19-8-18-11/h8H,5-7H2,1-4H3,(H,17,22)(H,16,18,19). The molecule has 0 saturated heterocycles. The van der Waals surface area contributed by atoms with Crippen LogP contribution in [0.1, 0.15) is 27.2 Å². The summed E-state index contributed by atoms with van der Waals surface area (Å²) in [5, 5.41) is 11.1. The predicted molar refractivity (Wildman–Crippen MR) is 91.3 cm³/mol. The van der Waals surface area contributed by atoms with Crippen molar-refractivity contribution in [3.05, 3.63) is 10.9 Å². The minimum Gasteiger partial charge on any atom is -0.444 e. The summed E-state index contributed by atoms with van der Waals surface area (Å²) in [6.45, 7) is 6.67. The van der Waals surface area contributed by atoms with Gasteiger partial charge in [-0.15, -0.1) is 0 Å². The van der Waals surface area contributed by atoms with Gasteiger partial charge >= 0.3 is 6.09 Å². The molecule has 0 radical (unpaired) electrons. The van der Waals surface area contributed by atoms with Crippen LogP contribution in [-0.4, -0.2) is 44.5 Å². The Morgan fingerprint density at radius 2 is 2.09 bits per heavy atom. The number of fused-ring (bicyclic) bond motifs is 1. The largest absolute Gasteiger partial charge is 0.444 e. The van der Waals surface area contributed by atoms with Gasteiger partial charge in [-0.2, -0.15) is 5.10 Å². The molecule has 2 aromatic heterocycles. The zero-order valence-electron chi connectivity index (χ0n) is 13.7. The van der Waals surface area contributed by atoms with E-state index in [0.717, 1.165) is 17.5 Å². The number of hydrogen-bond donors (Lipinski definition) is 2. The minimum atomic E-state index is -0.485. The van der Waals surface area contributed by atoms with E-state index >= 15 is 0 Å². The lowest BCUT2D eigenvalue weighted by Gasteiger charge is -2.19. The van der Waals surface area contributed by atoms with Gasteiger partial charge in [0.15, 0.2) is 5.65 Å². The molecule has 0 aromatic carbocycles. The lowest BCUT2D eigenvalue weighted by molar-refractivity contribution is 0.0528. The van der Waals surface area contributed by atoms with Gasteiger partial charge in [-0.1, -0.05) is 0 Å². The first-order valence-electron chi connectivity index (χ1n) is 7.32. The van der Waals surface area contributed by atoms with E-state index in [-0.39, 0.29) is 0 Å². The number of aromatic nitrogens is 4. The highest BCUT2D eigenvalue weighted by molar-refractivity contribution is 9.10. The molecule has 126 valence electrons. The van der Waals surface area contributed by atoms with Gasteiger partial charge in [0, 0.05) is 20.1 Å². The van der Waals surface area contributed by atoms with Crippen molar-refractivity contribution in [2.24, 2.45) is 7.05 Å². The number of anilines is 1. The second kappa shape index (κ2) is 7.12. The number of nitrogens with one attached hydrogen (secondary N) is 2. The van der Waals surface area contributed by atoms with Gasteiger partial charge in [-0.3, -0.25) is 0 Å². The molecule has 0 unspecified atom stereocenters. The molecule has 0 aliphatic rings. The third-order valence-electron chi connectivity index (χ3n) is 2.89. The number of halogens is 1. The Morgan fingerprint density at radius 1 is 1.35 bits per heavy atom. The summed E-state index contributed by atoms with van der Waals surface area (Å²) in [5.74, 6) is 0.715. The van der Waals surface area contributed by atoms with E-state index in [1.165, 1.54) is 6.33 Å². The summed E-state index contributed by atoms with van der Waals surface area (Å²) in [4.78, 5) is 20.0. The molecule has 0 aliphatic heterocycles. The van der Waals surface area contributed by atoms with Gasteiger partial charge < -0.3 is 15.4 Å². The van der Waals surface area contributed by atoms with Crippen molar-refractivity contribution in [3.8, 4) is 0 Å². The third kappa shape index (κ3) is 4.78. The molecule has 2 heterocycles. The molecule has 0 aliphatic carbocycles. The maximum atomic E-state index is 11.5. The zero-order chi connectivity index (χ0) is 17.0. The summed E-state index contributed by atoms with van der Waals surface area (Å²) >= 11 is 3.41. The van der Waals surface area contributed by atoms with Crippen LogP contribution in [0.15, 0.2) is 10.9 Å². The van der Waals surface area contributed by atoms with Gasteiger partial charge in [0.2, 0.25) is 0 Å². The molecular formula is C14H21BrN6O2. The van der Waals surface area contributed by atoms with Crippen molar-refractivity contribution in [3.63, 3.8) is 0 Å². The quantitative estimate of drug-likeness (QED) is 0.768. The summed E-state index contributed by atoms with van der Waals surface area (Å²) in [6.07, 6.45) is 1.83. The maximum absolute atomic E-state index is 11.5. The number of rotatable bonds is 5. The van der Waals surface area contributed by atoms with Crippen LogP contribution in [0.2, 0.25) is 0 Å². The van der Waals surface area contributed by atoms with Crippen LogP contribution in [0.25, 0.3) is 11.0 Å². The van der Waals surface area contributed by atoms with Crippen LogP contribution in [0.5, 0.6) is 0 Å². The van der Waals surface area contributed by atoms with Crippen molar-refractivity contribution >= 4 is 38.9 Å². The third-order valence-corrected chi connectivity index (χ3v) is 3.45. The summed E-state index contributed by atoms with van der Waals surface area (Å²) < 4.78 is 7.56. The predicted octanol–water partition coefficient (Wildman–Crippen LogP) is 2.45. The molecule has 2 N–H and O–H groups in total. The van der Waals surface area contributed by atoms with E-state index in [4.69, 9.17) is 4.74 Å². The van der Waals surface area contributed by atoms with E-state index in [1.54, 1.807) is 4.68 Å². The van der Waals surface area contributed by atoms with Gasteiger partial charge in [-0.05, 0) is 43.1 Å². The molecule has 8 nitrogen and oxygen atoms in total. The number of ether oxygens (including phenoxy) is 1. The highest BCUT2D eigenvalue weighted by atomic mass is 79.9. The summed E-state index contributed by atoms with van der Waals surface area (Å²) in [5.41, 5.74) is 0.267. The van der Waals surface area contributed by atoms with Gasteiger partial charge in [0.05, 0.1) is 5.39 Å². The van der Waals surface area contributed by atoms with E-state index in [9.17, 15) is 4.79 Å². The molecule has 9 heteroatoms. The Hall–Kier alpha value is -1.90. The van der Waals surface area contributed by atoms with Crippen LogP contribution in [0, 0.1) is 0 Å². The lowest BCUT2D eigenvalue weighted by Crippen LogP contribution is -2.33. The van der Waals surface area contributed by atoms with Crippen molar-refractivity contribution in [1.82, 2.24) is 25.1 Å². The monoisotopic (exact) mass is 384 g/mol. The van der Waals surface area contributed by atoms with E-state index in [2.05, 4.69) is 41.6 Å². The van der Waals surface area contributed by atoms with E-state index < -0.39 is 11.7 Å². The van der Waals surface area contributed by atoms with E-state index in [0.29, 0.717) is 23.5 Å². The first-order valence-corrected chi connectivity index (χ1v) is 8.11. The van der Waals surface area contributed by atoms with Gasteiger partial charge in [0.25, 0.3) is 0 Å². The maximum Gasteiger partial charge on any atom is 0.407 e.